The molecule has 1 nitrogen and oxygen atoms in total. The van der Waals surface area contributed by atoms with E-state index < -0.39 is 0 Å². The standard InChI is InChI=1S/C9H11NS2/c1-7(2)4-5-8-6-10-9(11-3)12-8/h4-6H,1H2,2-3H3. The summed E-state index contributed by atoms with van der Waals surface area (Å²) < 4.78 is 1.11. The highest BCUT2D eigenvalue weighted by Gasteiger charge is 1.95. The maximum Gasteiger partial charge on any atom is 0.150 e. The molecule has 0 aliphatic carbocycles. The van der Waals surface area contributed by atoms with Crippen LogP contribution in [0.25, 0.3) is 6.08 Å². The fourth-order valence-electron chi connectivity index (χ4n) is 0.666. The minimum atomic E-state index is 1.06. The van der Waals surface area contributed by atoms with Crippen LogP contribution in [0.5, 0.6) is 0 Å². The molecule has 0 unspecified atom stereocenters. The van der Waals surface area contributed by atoms with Crippen molar-refractivity contribution in [2.24, 2.45) is 0 Å². The monoisotopic (exact) mass is 197 g/mol. The Morgan fingerprint density at radius 3 is 3.00 bits per heavy atom. The van der Waals surface area contributed by atoms with Gasteiger partial charge in [0, 0.05) is 11.1 Å². The van der Waals surface area contributed by atoms with Crippen LogP contribution in [0.1, 0.15) is 11.8 Å². The molecule has 1 aromatic heterocycles. The minimum absolute atomic E-state index is 1.06. The lowest BCUT2D eigenvalue weighted by atomic mass is 10.3. The molecule has 1 aromatic rings. The number of hydrogen-bond donors (Lipinski definition) is 0. The second kappa shape index (κ2) is 4.48. The van der Waals surface area contributed by atoms with E-state index in [0.29, 0.717) is 0 Å². The molecule has 0 aliphatic heterocycles. The molecule has 1 heterocycles. The van der Waals surface area contributed by atoms with Crippen molar-refractivity contribution < 1.29 is 0 Å². The lowest BCUT2D eigenvalue weighted by Gasteiger charge is -1.83. The van der Waals surface area contributed by atoms with Gasteiger partial charge in [-0.1, -0.05) is 30.0 Å². The maximum atomic E-state index is 4.21. The summed E-state index contributed by atoms with van der Waals surface area (Å²) in [6, 6.07) is 0. The molecule has 0 amide bonds. The number of thiazole rings is 1. The summed E-state index contributed by atoms with van der Waals surface area (Å²) in [5.41, 5.74) is 1.06. The predicted molar refractivity (Wildman–Crippen MR) is 57.7 cm³/mol. The van der Waals surface area contributed by atoms with Crippen molar-refractivity contribution in [2.45, 2.75) is 11.3 Å². The summed E-state index contributed by atoms with van der Waals surface area (Å²) in [7, 11) is 0. The zero-order chi connectivity index (χ0) is 8.97. The molecule has 1 rings (SSSR count). The molecule has 0 N–H and O–H groups in total. The summed E-state index contributed by atoms with van der Waals surface area (Å²) >= 11 is 3.37. The molecule has 12 heavy (non-hydrogen) atoms. The third kappa shape index (κ3) is 2.83. The Morgan fingerprint density at radius 1 is 1.75 bits per heavy atom. The number of allylic oxidation sites excluding steroid dienone is 2. The average molecular weight is 197 g/mol. The van der Waals surface area contributed by atoms with Crippen LogP contribution in [0, 0.1) is 0 Å². The number of rotatable bonds is 3. The molecule has 0 atom stereocenters. The summed E-state index contributed by atoms with van der Waals surface area (Å²) in [4.78, 5) is 5.40. The number of thioether (sulfide) groups is 1. The fraction of sp³-hybridized carbons (Fsp3) is 0.222. The highest BCUT2D eigenvalue weighted by molar-refractivity contribution is 8.00. The minimum Gasteiger partial charge on any atom is -0.238 e. The molecule has 0 radical (unpaired) electrons. The molecular weight excluding hydrogens is 186 g/mol. The van der Waals surface area contributed by atoms with Gasteiger partial charge in [0.05, 0.1) is 0 Å². The Bertz CT molecular complexity index is 299. The molecule has 0 saturated carbocycles. The van der Waals surface area contributed by atoms with Gasteiger partial charge >= 0.3 is 0 Å². The molecule has 0 bridgehead atoms. The average Bonchev–Trinajstić information content (AvgIpc) is 2.48. The van der Waals surface area contributed by atoms with E-state index >= 15 is 0 Å². The molecule has 0 aliphatic rings. The van der Waals surface area contributed by atoms with Gasteiger partial charge in [-0.2, -0.15) is 0 Å². The summed E-state index contributed by atoms with van der Waals surface area (Å²) in [5, 5.41) is 0. The van der Waals surface area contributed by atoms with Crippen molar-refractivity contribution in [1.29, 1.82) is 0 Å². The molecule has 0 aromatic carbocycles. The molecule has 0 saturated heterocycles. The van der Waals surface area contributed by atoms with Crippen molar-refractivity contribution in [3.05, 3.63) is 29.3 Å². The van der Waals surface area contributed by atoms with Gasteiger partial charge in [-0.15, -0.1) is 11.3 Å². The number of aromatic nitrogens is 1. The third-order valence-electron chi connectivity index (χ3n) is 1.21. The van der Waals surface area contributed by atoms with Crippen LogP contribution in [-0.2, 0) is 0 Å². The Balaban J connectivity index is 2.70. The predicted octanol–water partition coefficient (Wildman–Crippen LogP) is 3.45. The quantitative estimate of drug-likeness (QED) is 0.543. The van der Waals surface area contributed by atoms with Crippen LogP contribution >= 0.6 is 23.1 Å². The molecule has 0 fully saturated rings. The number of hydrogen-bond acceptors (Lipinski definition) is 3. The second-order valence-electron chi connectivity index (χ2n) is 2.41. The summed E-state index contributed by atoms with van der Waals surface area (Å²) in [5.74, 6) is 0. The first kappa shape index (κ1) is 9.55. The maximum absolute atomic E-state index is 4.21. The van der Waals surface area contributed by atoms with E-state index in [0.717, 1.165) is 9.91 Å². The first-order valence-electron chi connectivity index (χ1n) is 3.56. The van der Waals surface area contributed by atoms with Gasteiger partial charge < -0.3 is 0 Å². The van der Waals surface area contributed by atoms with Crippen molar-refractivity contribution in [3.8, 4) is 0 Å². The van der Waals surface area contributed by atoms with E-state index in [1.807, 2.05) is 31.5 Å². The smallest absolute Gasteiger partial charge is 0.150 e. The van der Waals surface area contributed by atoms with Crippen LogP contribution in [-0.4, -0.2) is 11.2 Å². The van der Waals surface area contributed by atoms with Crippen LogP contribution in [0.3, 0.4) is 0 Å². The van der Waals surface area contributed by atoms with Gasteiger partial charge in [0.15, 0.2) is 0 Å². The van der Waals surface area contributed by atoms with E-state index in [2.05, 4.69) is 11.6 Å². The van der Waals surface area contributed by atoms with Crippen molar-refractivity contribution >= 4 is 29.2 Å². The van der Waals surface area contributed by atoms with E-state index in [4.69, 9.17) is 0 Å². The number of nitrogens with zero attached hydrogens (tertiary/aromatic N) is 1. The third-order valence-corrected chi connectivity index (χ3v) is 3.17. The second-order valence-corrected chi connectivity index (χ2v) is 4.53. The van der Waals surface area contributed by atoms with Gasteiger partial charge in [0.2, 0.25) is 0 Å². The van der Waals surface area contributed by atoms with Crippen molar-refractivity contribution in [1.82, 2.24) is 4.98 Å². The van der Waals surface area contributed by atoms with Crippen LogP contribution in [0.2, 0.25) is 0 Å². The topological polar surface area (TPSA) is 12.9 Å². The first-order chi connectivity index (χ1) is 5.72. The van der Waals surface area contributed by atoms with E-state index in [1.54, 1.807) is 23.1 Å². The summed E-state index contributed by atoms with van der Waals surface area (Å²) in [6.45, 7) is 5.77. The normalized spacial score (nSPS) is 10.8. The lowest BCUT2D eigenvalue weighted by Crippen LogP contribution is -1.61. The van der Waals surface area contributed by atoms with Gasteiger partial charge in [0.1, 0.15) is 4.34 Å². The van der Waals surface area contributed by atoms with Crippen LogP contribution in [0.4, 0.5) is 0 Å². The van der Waals surface area contributed by atoms with Crippen LogP contribution < -0.4 is 0 Å². The van der Waals surface area contributed by atoms with Gasteiger partial charge in [0.25, 0.3) is 0 Å². The largest absolute Gasteiger partial charge is 0.238 e. The molecular formula is C9H11NS2. The molecule has 3 heteroatoms. The fourth-order valence-corrected chi connectivity index (χ4v) is 1.99. The van der Waals surface area contributed by atoms with E-state index in [-0.39, 0.29) is 0 Å². The first-order valence-corrected chi connectivity index (χ1v) is 5.60. The Morgan fingerprint density at radius 2 is 2.50 bits per heavy atom. The van der Waals surface area contributed by atoms with Gasteiger partial charge in [-0.05, 0) is 19.3 Å². The zero-order valence-corrected chi connectivity index (χ0v) is 8.84. The molecule has 0 spiro atoms. The van der Waals surface area contributed by atoms with Crippen LogP contribution in [0.15, 0.2) is 28.8 Å². The highest BCUT2D eigenvalue weighted by atomic mass is 32.2. The Hall–Kier alpha value is -0.540. The highest BCUT2D eigenvalue weighted by Crippen LogP contribution is 2.22. The molecule has 64 valence electrons. The Labute approximate surface area is 81.2 Å². The van der Waals surface area contributed by atoms with Gasteiger partial charge in [-0.25, -0.2) is 4.98 Å². The SMILES string of the molecule is C=C(C)C=Cc1cnc(SC)s1. The van der Waals surface area contributed by atoms with E-state index in [9.17, 15) is 0 Å². The van der Waals surface area contributed by atoms with Crippen molar-refractivity contribution in [3.63, 3.8) is 0 Å². The zero-order valence-electron chi connectivity index (χ0n) is 7.20. The summed E-state index contributed by atoms with van der Waals surface area (Å²) in [6.07, 6.45) is 7.96. The van der Waals surface area contributed by atoms with Crippen molar-refractivity contribution in [2.75, 3.05) is 6.26 Å². The van der Waals surface area contributed by atoms with E-state index in [1.165, 1.54) is 4.88 Å². The van der Waals surface area contributed by atoms with Gasteiger partial charge in [-0.3, -0.25) is 0 Å². The lowest BCUT2D eigenvalue weighted by molar-refractivity contribution is 1.25. The Kier molecular flexibility index (Phi) is 3.56.